The Hall–Kier alpha value is -0.610. The second-order valence-corrected chi connectivity index (χ2v) is 14.5. The minimum atomic E-state index is -0.653. The molecule has 4 heteroatoms. The van der Waals surface area contributed by atoms with Gasteiger partial charge < -0.3 is 15.5 Å². The van der Waals surface area contributed by atoms with E-state index in [4.69, 9.17) is 0 Å². The lowest BCUT2D eigenvalue weighted by Gasteiger charge is -2.22. The summed E-state index contributed by atoms with van der Waals surface area (Å²) in [5, 5.41) is 23.1. The molecule has 1 amide bonds. The Bertz CT molecular complexity index is 567. The summed E-state index contributed by atoms with van der Waals surface area (Å²) in [7, 11) is 0. The first-order valence-corrected chi connectivity index (χ1v) is 20.1. The number of unbranched alkanes of at least 4 members (excludes halogenated alkanes) is 27. The molecule has 0 radical (unpaired) electrons. The number of rotatable bonds is 36. The molecule has 0 saturated carbocycles. The van der Waals surface area contributed by atoms with Crippen LogP contribution in [-0.4, -0.2) is 34.9 Å². The third-order valence-corrected chi connectivity index (χ3v) is 9.55. The standard InChI is InChI=1S/C40H81NO3/c1-4-5-6-7-8-9-10-11-12-13-14-15-16-17-18-19-23-26-29-32-35-40(44)41-38(36-42)39(43)34-31-28-25-22-20-21-24-27-30-33-37(2)3/h37-39,42-43H,4-36H2,1-3H3,(H,41,44). The van der Waals surface area contributed by atoms with Crippen LogP contribution in [0, 0.1) is 5.92 Å². The maximum atomic E-state index is 12.4. The largest absolute Gasteiger partial charge is 0.394 e. The normalized spacial score (nSPS) is 13.0. The van der Waals surface area contributed by atoms with Crippen molar-refractivity contribution >= 4 is 5.91 Å². The molecule has 264 valence electrons. The first-order chi connectivity index (χ1) is 21.5. The SMILES string of the molecule is CCCCCCCCCCCCCCCCCCCCCCC(=O)NC(CO)C(O)CCCCCCCCCCCC(C)C. The molecule has 2 atom stereocenters. The molecule has 0 fully saturated rings. The van der Waals surface area contributed by atoms with Crippen molar-refractivity contribution in [2.75, 3.05) is 6.61 Å². The van der Waals surface area contributed by atoms with Gasteiger partial charge in [0.1, 0.15) is 0 Å². The molecule has 0 spiro atoms. The fourth-order valence-electron chi connectivity index (χ4n) is 6.43. The van der Waals surface area contributed by atoms with Crippen LogP contribution in [0.3, 0.4) is 0 Å². The monoisotopic (exact) mass is 624 g/mol. The molecule has 44 heavy (non-hydrogen) atoms. The van der Waals surface area contributed by atoms with E-state index in [0.29, 0.717) is 12.8 Å². The van der Waals surface area contributed by atoms with Gasteiger partial charge in [0.25, 0.3) is 0 Å². The van der Waals surface area contributed by atoms with Crippen molar-refractivity contribution in [1.82, 2.24) is 5.32 Å². The zero-order chi connectivity index (χ0) is 32.4. The van der Waals surface area contributed by atoms with Gasteiger partial charge in [-0.05, 0) is 18.8 Å². The van der Waals surface area contributed by atoms with Crippen molar-refractivity contribution in [3.63, 3.8) is 0 Å². The third-order valence-electron chi connectivity index (χ3n) is 9.55. The summed E-state index contributed by atoms with van der Waals surface area (Å²) in [5.41, 5.74) is 0. The Morgan fingerprint density at radius 3 is 1.16 bits per heavy atom. The van der Waals surface area contributed by atoms with Gasteiger partial charge in [-0.1, -0.05) is 207 Å². The lowest BCUT2D eigenvalue weighted by Crippen LogP contribution is -2.45. The number of aliphatic hydroxyl groups excluding tert-OH is 2. The first kappa shape index (κ1) is 43.4. The zero-order valence-electron chi connectivity index (χ0n) is 30.4. The summed E-state index contributed by atoms with van der Waals surface area (Å²) in [5.74, 6) is 0.802. The van der Waals surface area contributed by atoms with Gasteiger partial charge in [-0.2, -0.15) is 0 Å². The third kappa shape index (κ3) is 32.8. The molecule has 0 aromatic heterocycles. The summed E-state index contributed by atoms with van der Waals surface area (Å²) in [6, 6.07) is -0.529. The summed E-state index contributed by atoms with van der Waals surface area (Å²) >= 11 is 0. The smallest absolute Gasteiger partial charge is 0.220 e. The van der Waals surface area contributed by atoms with Gasteiger partial charge in [0.15, 0.2) is 0 Å². The second-order valence-electron chi connectivity index (χ2n) is 14.5. The van der Waals surface area contributed by atoms with Crippen LogP contribution in [0.4, 0.5) is 0 Å². The molecular weight excluding hydrogens is 542 g/mol. The average molecular weight is 624 g/mol. The highest BCUT2D eigenvalue weighted by molar-refractivity contribution is 5.76. The molecule has 0 aromatic carbocycles. The van der Waals surface area contributed by atoms with Gasteiger partial charge in [0.2, 0.25) is 5.91 Å². The van der Waals surface area contributed by atoms with Gasteiger partial charge in [-0.15, -0.1) is 0 Å². The molecule has 0 heterocycles. The molecule has 2 unspecified atom stereocenters. The number of carbonyl (C=O) groups excluding carboxylic acids is 1. The van der Waals surface area contributed by atoms with E-state index in [2.05, 4.69) is 26.1 Å². The van der Waals surface area contributed by atoms with Crippen molar-refractivity contribution in [2.45, 2.75) is 238 Å². The minimum absolute atomic E-state index is 0.0288. The predicted molar refractivity (Wildman–Crippen MR) is 193 cm³/mol. The molecule has 0 aliphatic heterocycles. The zero-order valence-corrected chi connectivity index (χ0v) is 30.4. The minimum Gasteiger partial charge on any atom is -0.394 e. The van der Waals surface area contributed by atoms with E-state index in [9.17, 15) is 15.0 Å². The van der Waals surface area contributed by atoms with Crippen LogP contribution in [0.25, 0.3) is 0 Å². The van der Waals surface area contributed by atoms with Crippen molar-refractivity contribution in [1.29, 1.82) is 0 Å². The van der Waals surface area contributed by atoms with E-state index in [1.54, 1.807) is 0 Å². The van der Waals surface area contributed by atoms with Gasteiger partial charge >= 0.3 is 0 Å². The van der Waals surface area contributed by atoms with Crippen molar-refractivity contribution in [3.05, 3.63) is 0 Å². The Labute approximate surface area is 276 Å². The Balaban J connectivity index is 3.47. The van der Waals surface area contributed by atoms with Crippen molar-refractivity contribution in [3.8, 4) is 0 Å². The van der Waals surface area contributed by atoms with Crippen molar-refractivity contribution < 1.29 is 15.0 Å². The van der Waals surface area contributed by atoms with E-state index in [0.717, 1.165) is 31.6 Å². The lowest BCUT2D eigenvalue weighted by atomic mass is 10.0. The highest BCUT2D eigenvalue weighted by Gasteiger charge is 2.20. The van der Waals surface area contributed by atoms with Gasteiger partial charge in [-0.25, -0.2) is 0 Å². The average Bonchev–Trinajstić information content (AvgIpc) is 3.01. The predicted octanol–water partition coefficient (Wildman–Crippen LogP) is 12.0. The Kier molecular flexibility index (Phi) is 34.8. The lowest BCUT2D eigenvalue weighted by molar-refractivity contribution is -0.123. The van der Waals surface area contributed by atoms with Crippen molar-refractivity contribution in [2.24, 2.45) is 5.92 Å². The van der Waals surface area contributed by atoms with E-state index in [1.165, 1.54) is 167 Å². The van der Waals surface area contributed by atoms with Gasteiger partial charge in [0.05, 0.1) is 18.8 Å². The van der Waals surface area contributed by atoms with Crippen LogP contribution in [0.5, 0.6) is 0 Å². The first-order valence-electron chi connectivity index (χ1n) is 20.1. The number of amides is 1. The highest BCUT2D eigenvalue weighted by atomic mass is 16.3. The van der Waals surface area contributed by atoms with Crippen LogP contribution < -0.4 is 5.32 Å². The van der Waals surface area contributed by atoms with Crippen LogP contribution in [-0.2, 0) is 4.79 Å². The molecule has 3 N–H and O–H groups in total. The maximum absolute atomic E-state index is 12.4. The number of aliphatic hydroxyl groups is 2. The Morgan fingerprint density at radius 2 is 0.818 bits per heavy atom. The molecule has 0 rings (SSSR count). The number of carbonyl (C=O) groups is 1. The number of hydrogen-bond acceptors (Lipinski definition) is 3. The van der Waals surface area contributed by atoms with E-state index in [1.807, 2.05) is 0 Å². The van der Waals surface area contributed by atoms with Gasteiger partial charge in [0, 0.05) is 6.42 Å². The van der Waals surface area contributed by atoms with Crippen LogP contribution in [0.2, 0.25) is 0 Å². The van der Waals surface area contributed by atoms with E-state index >= 15 is 0 Å². The summed E-state index contributed by atoms with van der Waals surface area (Å²) in [4.78, 5) is 12.4. The van der Waals surface area contributed by atoms with E-state index < -0.39 is 12.1 Å². The van der Waals surface area contributed by atoms with Crippen LogP contribution in [0.15, 0.2) is 0 Å². The highest BCUT2D eigenvalue weighted by Crippen LogP contribution is 2.16. The molecule has 0 aliphatic rings. The molecule has 0 bridgehead atoms. The molecule has 0 aromatic rings. The quantitative estimate of drug-likeness (QED) is 0.0608. The second kappa shape index (κ2) is 35.2. The molecule has 4 nitrogen and oxygen atoms in total. The van der Waals surface area contributed by atoms with Crippen LogP contribution in [0.1, 0.15) is 226 Å². The number of hydrogen-bond donors (Lipinski definition) is 3. The fraction of sp³-hybridized carbons (Fsp3) is 0.975. The topological polar surface area (TPSA) is 69.6 Å². The summed E-state index contributed by atoms with van der Waals surface area (Å²) in [6.07, 6.45) is 40.3. The number of nitrogens with one attached hydrogen (secondary N) is 1. The van der Waals surface area contributed by atoms with Crippen LogP contribution >= 0.6 is 0 Å². The maximum Gasteiger partial charge on any atom is 0.220 e. The Morgan fingerprint density at radius 1 is 0.500 bits per heavy atom. The van der Waals surface area contributed by atoms with E-state index in [-0.39, 0.29) is 12.5 Å². The molecular formula is C40H81NO3. The molecule has 0 aliphatic carbocycles. The van der Waals surface area contributed by atoms with Gasteiger partial charge in [-0.3, -0.25) is 4.79 Å². The summed E-state index contributed by atoms with van der Waals surface area (Å²) < 4.78 is 0. The fourth-order valence-corrected chi connectivity index (χ4v) is 6.43. The summed E-state index contributed by atoms with van der Waals surface area (Å²) in [6.45, 7) is 6.70. The molecule has 0 saturated heterocycles.